The number of fused-ring (bicyclic) bond motifs is 1. The number of carbonyl (C=O) groups excluding carboxylic acids is 1. The van der Waals surface area contributed by atoms with Crippen LogP contribution in [0.5, 0.6) is 0 Å². The maximum Gasteiger partial charge on any atom is 0.254 e. The molecule has 1 fully saturated rings. The van der Waals surface area contributed by atoms with E-state index in [1.807, 2.05) is 41.3 Å². The van der Waals surface area contributed by atoms with Crippen LogP contribution in [0.15, 0.2) is 42.5 Å². The SMILES string of the molecule is COC[C@@H]1C[C@@H](N2Cc3ccc(-c4cccc(C#N)c4)cc3C2=O)CN1C#N. The molecule has 2 atom stereocenters. The molecule has 2 aliphatic heterocycles. The molecule has 0 aliphatic carbocycles. The zero-order chi connectivity index (χ0) is 19.7. The van der Waals surface area contributed by atoms with E-state index in [1.54, 1.807) is 18.1 Å². The van der Waals surface area contributed by atoms with Crippen LogP contribution in [0.1, 0.15) is 27.9 Å². The van der Waals surface area contributed by atoms with Gasteiger partial charge in [0.15, 0.2) is 6.19 Å². The molecule has 2 heterocycles. The van der Waals surface area contributed by atoms with E-state index in [-0.39, 0.29) is 18.0 Å². The first-order valence-corrected chi connectivity index (χ1v) is 9.24. The van der Waals surface area contributed by atoms with E-state index in [9.17, 15) is 10.1 Å². The topological polar surface area (TPSA) is 80.4 Å². The van der Waals surface area contributed by atoms with E-state index in [0.717, 1.165) is 23.1 Å². The van der Waals surface area contributed by atoms with Crippen molar-refractivity contribution in [2.75, 3.05) is 20.3 Å². The van der Waals surface area contributed by atoms with Crippen molar-refractivity contribution >= 4 is 5.91 Å². The van der Waals surface area contributed by atoms with Crippen LogP contribution in [0.3, 0.4) is 0 Å². The minimum atomic E-state index is 0.00469. The Labute approximate surface area is 164 Å². The summed E-state index contributed by atoms with van der Waals surface area (Å²) < 4.78 is 5.22. The number of methoxy groups -OCH3 is 1. The first-order valence-electron chi connectivity index (χ1n) is 9.24. The van der Waals surface area contributed by atoms with Gasteiger partial charge in [-0.3, -0.25) is 4.79 Å². The number of hydrogen-bond donors (Lipinski definition) is 0. The van der Waals surface area contributed by atoms with Gasteiger partial charge < -0.3 is 14.5 Å². The number of carbonyl (C=O) groups is 1. The standard InChI is InChI=1S/C22H20N4O2/c1-28-13-20-9-19(12-25(20)14-24)26-11-18-6-5-17(8-21(18)22(26)27)16-4-2-3-15(7-16)10-23/h2-8,19-20H,9,11-13H2,1H3/t19-,20+/m1/s1. The minimum absolute atomic E-state index is 0.00469. The summed E-state index contributed by atoms with van der Waals surface area (Å²) in [6, 6.07) is 15.5. The number of hydrogen-bond acceptors (Lipinski definition) is 5. The number of ether oxygens (including phenoxy) is 1. The highest BCUT2D eigenvalue weighted by Gasteiger charge is 2.40. The first-order chi connectivity index (χ1) is 13.6. The van der Waals surface area contributed by atoms with Crippen LogP contribution in [-0.4, -0.2) is 48.1 Å². The summed E-state index contributed by atoms with van der Waals surface area (Å²) in [7, 11) is 1.63. The third-order valence-corrected chi connectivity index (χ3v) is 5.59. The Morgan fingerprint density at radius 2 is 2.00 bits per heavy atom. The summed E-state index contributed by atoms with van der Waals surface area (Å²) in [6.45, 7) is 1.59. The van der Waals surface area contributed by atoms with E-state index in [4.69, 9.17) is 10.00 Å². The summed E-state index contributed by atoms with van der Waals surface area (Å²) in [5.41, 5.74) is 4.15. The Balaban J connectivity index is 1.58. The maximum atomic E-state index is 13.1. The lowest BCUT2D eigenvalue weighted by atomic mass is 9.99. The molecule has 6 nitrogen and oxygen atoms in total. The molecule has 2 aliphatic rings. The van der Waals surface area contributed by atoms with Crippen molar-refractivity contribution in [3.05, 3.63) is 59.2 Å². The third-order valence-electron chi connectivity index (χ3n) is 5.59. The molecule has 0 N–H and O–H groups in total. The maximum absolute atomic E-state index is 13.1. The van der Waals surface area contributed by atoms with Crippen molar-refractivity contribution in [2.24, 2.45) is 0 Å². The molecular weight excluding hydrogens is 352 g/mol. The molecule has 4 rings (SSSR count). The molecule has 2 aromatic carbocycles. The predicted octanol–water partition coefficient (Wildman–Crippen LogP) is 2.75. The molecule has 0 saturated carbocycles. The quantitative estimate of drug-likeness (QED) is 0.771. The molecule has 28 heavy (non-hydrogen) atoms. The van der Waals surface area contributed by atoms with Crippen molar-refractivity contribution in [3.63, 3.8) is 0 Å². The van der Waals surface area contributed by atoms with E-state index >= 15 is 0 Å². The highest BCUT2D eigenvalue weighted by molar-refractivity contribution is 5.99. The number of likely N-dealkylation sites (tertiary alicyclic amines) is 1. The molecule has 1 saturated heterocycles. The summed E-state index contributed by atoms with van der Waals surface area (Å²) >= 11 is 0. The molecular formula is C22H20N4O2. The zero-order valence-corrected chi connectivity index (χ0v) is 15.6. The summed E-state index contributed by atoms with van der Waals surface area (Å²) in [5.74, 6) is 0.00856. The monoisotopic (exact) mass is 372 g/mol. The van der Waals surface area contributed by atoms with Gasteiger partial charge in [0.25, 0.3) is 5.91 Å². The summed E-state index contributed by atoms with van der Waals surface area (Å²) in [6.07, 6.45) is 2.95. The number of benzene rings is 2. The molecule has 0 aromatic heterocycles. The fraction of sp³-hybridized carbons (Fsp3) is 0.318. The van der Waals surface area contributed by atoms with Crippen molar-refractivity contribution in [1.29, 1.82) is 10.5 Å². The minimum Gasteiger partial charge on any atom is -0.383 e. The van der Waals surface area contributed by atoms with E-state index in [1.165, 1.54) is 0 Å². The fourth-order valence-electron chi connectivity index (χ4n) is 4.16. The highest BCUT2D eigenvalue weighted by atomic mass is 16.5. The lowest BCUT2D eigenvalue weighted by molar-refractivity contribution is 0.0710. The van der Waals surface area contributed by atoms with Gasteiger partial charge in [0.1, 0.15) is 0 Å². The molecule has 1 amide bonds. The highest BCUT2D eigenvalue weighted by Crippen LogP contribution is 2.33. The molecule has 0 radical (unpaired) electrons. The lowest BCUT2D eigenvalue weighted by Crippen LogP contribution is -2.37. The van der Waals surface area contributed by atoms with Crippen molar-refractivity contribution in [1.82, 2.24) is 9.80 Å². The molecule has 140 valence electrons. The summed E-state index contributed by atoms with van der Waals surface area (Å²) in [4.78, 5) is 16.7. The van der Waals surface area contributed by atoms with Crippen LogP contribution in [0.2, 0.25) is 0 Å². The zero-order valence-electron chi connectivity index (χ0n) is 15.6. The van der Waals surface area contributed by atoms with Gasteiger partial charge in [0.05, 0.1) is 30.3 Å². The van der Waals surface area contributed by atoms with Crippen LogP contribution in [0.4, 0.5) is 0 Å². The third kappa shape index (κ3) is 3.09. The van der Waals surface area contributed by atoms with E-state index in [2.05, 4.69) is 12.3 Å². The van der Waals surface area contributed by atoms with Crippen LogP contribution >= 0.6 is 0 Å². The Bertz CT molecular complexity index is 1000. The van der Waals surface area contributed by atoms with Crippen molar-refractivity contribution < 1.29 is 9.53 Å². The fourth-order valence-corrected chi connectivity index (χ4v) is 4.16. The Morgan fingerprint density at radius 1 is 1.18 bits per heavy atom. The molecule has 0 unspecified atom stereocenters. The smallest absolute Gasteiger partial charge is 0.254 e. The van der Waals surface area contributed by atoms with Gasteiger partial charge in [-0.1, -0.05) is 24.3 Å². The molecule has 0 bridgehead atoms. The normalized spacial score (nSPS) is 20.8. The van der Waals surface area contributed by atoms with Crippen LogP contribution in [-0.2, 0) is 11.3 Å². The average molecular weight is 372 g/mol. The van der Waals surface area contributed by atoms with E-state index < -0.39 is 0 Å². The number of amides is 1. The van der Waals surface area contributed by atoms with Gasteiger partial charge in [-0.15, -0.1) is 0 Å². The summed E-state index contributed by atoms with van der Waals surface area (Å²) in [5, 5.41) is 18.5. The van der Waals surface area contributed by atoms with Gasteiger partial charge in [-0.05, 0) is 41.3 Å². The van der Waals surface area contributed by atoms with Crippen LogP contribution < -0.4 is 0 Å². The Morgan fingerprint density at radius 3 is 2.75 bits per heavy atom. The average Bonchev–Trinajstić information content (AvgIpc) is 3.28. The lowest BCUT2D eigenvalue weighted by Gasteiger charge is -2.23. The van der Waals surface area contributed by atoms with Crippen LogP contribution in [0, 0.1) is 22.8 Å². The Hall–Kier alpha value is -3.35. The van der Waals surface area contributed by atoms with Gasteiger partial charge in [0.2, 0.25) is 0 Å². The number of rotatable bonds is 4. The van der Waals surface area contributed by atoms with Gasteiger partial charge >= 0.3 is 0 Å². The van der Waals surface area contributed by atoms with E-state index in [0.29, 0.717) is 30.8 Å². The second-order valence-electron chi connectivity index (χ2n) is 7.25. The largest absolute Gasteiger partial charge is 0.383 e. The van der Waals surface area contributed by atoms with Crippen LogP contribution in [0.25, 0.3) is 11.1 Å². The first kappa shape index (κ1) is 18.0. The van der Waals surface area contributed by atoms with Gasteiger partial charge in [0, 0.05) is 25.8 Å². The predicted molar refractivity (Wildman–Crippen MR) is 103 cm³/mol. The number of nitriles is 2. The van der Waals surface area contributed by atoms with Gasteiger partial charge in [-0.25, -0.2) is 0 Å². The van der Waals surface area contributed by atoms with Crippen molar-refractivity contribution in [3.8, 4) is 23.4 Å². The second kappa shape index (κ2) is 7.34. The van der Waals surface area contributed by atoms with Crippen molar-refractivity contribution in [2.45, 2.75) is 25.0 Å². The second-order valence-corrected chi connectivity index (χ2v) is 7.25. The van der Waals surface area contributed by atoms with Gasteiger partial charge in [-0.2, -0.15) is 10.5 Å². The molecule has 0 spiro atoms. The number of nitrogens with zero attached hydrogens (tertiary/aromatic N) is 4. The molecule has 2 aromatic rings. The Kier molecular flexibility index (Phi) is 4.73. The molecule has 6 heteroatoms.